The van der Waals surface area contributed by atoms with Gasteiger partial charge in [-0.3, -0.25) is 9.59 Å². The van der Waals surface area contributed by atoms with Crippen LogP contribution in [0.15, 0.2) is 64.8 Å². The van der Waals surface area contributed by atoms with Crippen molar-refractivity contribution in [3.8, 4) is 16.5 Å². The first-order valence-electron chi connectivity index (χ1n) is 8.70. The van der Waals surface area contributed by atoms with Crippen LogP contribution in [0.3, 0.4) is 0 Å². The summed E-state index contributed by atoms with van der Waals surface area (Å²) in [5.74, 6) is -1.05. The molecule has 2 aromatic heterocycles. The van der Waals surface area contributed by atoms with Crippen molar-refractivity contribution in [1.82, 2.24) is 15.3 Å². The van der Waals surface area contributed by atoms with Crippen LogP contribution >= 0.6 is 11.3 Å². The Morgan fingerprint density at radius 2 is 1.93 bits per heavy atom. The number of carbonyl (C=O) groups excluding carboxylic acids is 1. The monoisotopic (exact) mass is 391 g/mol. The zero-order chi connectivity index (χ0) is 19.7. The van der Waals surface area contributed by atoms with E-state index in [0.29, 0.717) is 4.88 Å². The molecule has 1 amide bonds. The lowest BCUT2D eigenvalue weighted by Gasteiger charge is -2.17. The van der Waals surface area contributed by atoms with Crippen molar-refractivity contribution in [2.75, 3.05) is 0 Å². The number of aromatic hydroxyl groups is 1. The van der Waals surface area contributed by atoms with Gasteiger partial charge in [-0.1, -0.05) is 48.5 Å². The topological polar surface area (TPSA) is 95.1 Å². The maximum Gasteiger partial charge on any atom is 0.294 e. The number of H-pyrrole nitrogens is 1. The number of aromatic nitrogens is 2. The summed E-state index contributed by atoms with van der Waals surface area (Å²) >= 11 is 1.38. The van der Waals surface area contributed by atoms with Gasteiger partial charge in [-0.2, -0.15) is 0 Å². The highest BCUT2D eigenvalue weighted by molar-refractivity contribution is 7.13. The molecule has 28 heavy (non-hydrogen) atoms. The van der Waals surface area contributed by atoms with Crippen LogP contribution in [0.25, 0.3) is 21.5 Å². The van der Waals surface area contributed by atoms with Gasteiger partial charge in [0.15, 0.2) is 11.5 Å². The van der Waals surface area contributed by atoms with Crippen LogP contribution in [0.1, 0.15) is 29.0 Å². The summed E-state index contributed by atoms with van der Waals surface area (Å²) in [6.45, 7) is 1.85. The van der Waals surface area contributed by atoms with E-state index in [1.165, 1.54) is 11.3 Å². The molecule has 2 heterocycles. The second-order valence-corrected chi connectivity index (χ2v) is 7.30. The molecule has 7 heteroatoms. The van der Waals surface area contributed by atoms with Crippen molar-refractivity contribution in [1.29, 1.82) is 0 Å². The number of aromatic amines is 1. The maximum atomic E-state index is 12.8. The van der Waals surface area contributed by atoms with Crippen molar-refractivity contribution >= 4 is 28.0 Å². The predicted molar refractivity (Wildman–Crippen MR) is 110 cm³/mol. The molecule has 4 aromatic rings. The summed E-state index contributed by atoms with van der Waals surface area (Å²) in [6.07, 6.45) is 0. The quantitative estimate of drug-likeness (QED) is 0.492. The molecule has 0 fully saturated rings. The molecule has 0 aliphatic heterocycles. The molecular formula is C21H17N3O3S. The molecule has 3 N–H and O–H groups in total. The molecule has 2 aromatic carbocycles. The first-order valence-corrected chi connectivity index (χ1v) is 9.58. The van der Waals surface area contributed by atoms with Gasteiger partial charge in [-0.05, 0) is 34.7 Å². The fraction of sp³-hybridized carbons (Fsp3) is 0.0952. The van der Waals surface area contributed by atoms with E-state index in [-0.39, 0.29) is 17.6 Å². The Morgan fingerprint density at radius 3 is 2.71 bits per heavy atom. The van der Waals surface area contributed by atoms with E-state index >= 15 is 0 Å². The lowest BCUT2D eigenvalue weighted by molar-refractivity contribution is 0.0931. The zero-order valence-corrected chi connectivity index (χ0v) is 15.8. The van der Waals surface area contributed by atoms with Crippen LogP contribution < -0.4 is 10.9 Å². The summed E-state index contributed by atoms with van der Waals surface area (Å²) in [5, 5.41) is 16.8. The SMILES string of the molecule is CC(NC(=O)c1nc(-c2cccs2)[nH]c(=O)c1O)c1cccc2ccccc12. The molecule has 0 saturated heterocycles. The zero-order valence-electron chi connectivity index (χ0n) is 15.0. The summed E-state index contributed by atoms with van der Waals surface area (Å²) in [6, 6.07) is 17.0. The van der Waals surface area contributed by atoms with E-state index in [9.17, 15) is 14.7 Å². The maximum absolute atomic E-state index is 12.8. The molecule has 0 aliphatic rings. The molecular weight excluding hydrogens is 374 g/mol. The third-order valence-electron chi connectivity index (χ3n) is 4.50. The largest absolute Gasteiger partial charge is 0.501 e. The Bertz CT molecular complexity index is 1210. The van der Waals surface area contributed by atoms with Crippen LogP contribution in [-0.4, -0.2) is 21.0 Å². The van der Waals surface area contributed by atoms with Crippen molar-refractivity contribution in [3.05, 3.63) is 81.6 Å². The van der Waals surface area contributed by atoms with Gasteiger partial charge in [0.05, 0.1) is 10.9 Å². The van der Waals surface area contributed by atoms with Crippen molar-refractivity contribution in [2.45, 2.75) is 13.0 Å². The van der Waals surface area contributed by atoms with Gasteiger partial charge < -0.3 is 15.4 Å². The summed E-state index contributed by atoms with van der Waals surface area (Å²) in [5.41, 5.74) is -0.102. The Morgan fingerprint density at radius 1 is 1.14 bits per heavy atom. The summed E-state index contributed by atoms with van der Waals surface area (Å²) in [4.78, 5) is 32.2. The lowest BCUT2D eigenvalue weighted by atomic mass is 9.99. The number of thiophene rings is 1. The van der Waals surface area contributed by atoms with Gasteiger partial charge in [-0.25, -0.2) is 4.98 Å². The van der Waals surface area contributed by atoms with E-state index in [0.717, 1.165) is 16.3 Å². The third-order valence-corrected chi connectivity index (χ3v) is 5.38. The Balaban J connectivity index is 1.67. The molecule has 0 aliphatic carbocycles. The van der Waals surface area contributed by atoms with Crippen LogP contribution in [0.2, 0.25) is 0 Å². The Hall–Kier alpha value is -3.45. The predicted octanol–water partition coefficient (Wildman–Crippen LogP) is 3.85. The summed E-state index contributed by atoms with van der Waals surface area (Å²) in [7, 11) is 0. The number of benzene rings is 2. The highest BCUT2D eigenvalue weighted by atomic mass is 32.1. The molecule has 140 valence electrons. The first-order chi connectivity index (χ1) is 13.5. The molecule has 4 rings (SSSR count). The average molecular weight is 391 g/mol. The minimum absolute atomic E-state index is 0.251. The highest BCUT2D eigenvalue weighted by Gasteiger charge is 2.21. The van der Waals surface area contributed by atoms with Gasteiger partial charge in [0.2, 0.25) is 5.75 Å². The Kier molecular flexibility index (Phi) is 4.67. The van der Waals surface area contributed by atoms with Gasteiger partial charge in [0.1, 0.15) is 0 Å². The van der Waals surface area contributed by atoms with E-state index in [1.54, 1.807) is 6.07 Å². The second kappa shape index (κ2) is 7.28. The second-order valence-electron chi connectivity index (χ2n) is 6.35. The van der Waals surface area contributed by atoms with Gasteiger partial charge in [0, 0.05) is 0 Å². The van der Waals surface area contributed by atoms with Crippen molar-refractivity contribution in [3.63, 3.8) is 0 Å². The normalized spacial score (nSPS) is 12.0. The van der Waals surface area contributed by atoms with E-state index in [2.05, 4.69) is 15.3 Å². The number of hydrogen-bond acceptors (Lipinski definition) is 5. The van der Waals surface area contributed by atoms with E-state index < -0.39 is 17.2 Å². The smallest absolute Gasteiger partial charge is 0.294 e. The molecule has 0 spiro atoms. The molecule has 0 bridgehead atoms. The number of amides is 1. The minimum atomic E-state index is -0.749. The third kappa shape index (κ3) is 3.27. The number of nitrogens with one attached hydrogen (secondary N) is 2. The van der Waals surface area contributed by atoms with Crippen molar-refractivity contribution < 1.29 is 9.90 Å². The van der Waals surface area contributed by atoms with E-state index in [1.807, 2.05) is 60.8 Å². The molecule has 0 saturated carbocycles. The fourth-order valence-electron chi connectivity index (χ4n) is 3.13. The molecule has 6 nitrogen and oxygen atoms in total. The van der Waals surface area contributed by atoms with Crippen LogP contribution in [-0.2, 0) is 0 Å². The number of fused-ring (bicyclic) bond motifs is 1. The number of nitrogens with zero attached hydrogens (tertiary/aromatic N) is 1. The number of carbonyl (C=O) groups is 1. The van der Waals surface area contributed by atoms with Crippen LogP contribution in [0.4, 0.5) is 0 Å². The van der Waals surface area contributed by atoms with E-state index in [4.69, 9.17) is 0 Å². The standard InChI is InChI=1S/C21H17N3O3S/c1-12(14-9-4-7-13-6-2-3-8-15(13)14)22-20(26)17-18(25)21(27)24-19(23-17)16-10-5-11-28-16/h2-12,25H,1H3,(H,22,26)(H,23,24,27). The van der Waals surface area contributed by atoms with Crippen molar-refractivity contribution in [2.24, 2.45) is 0 Å². The van der Waals surface area contributed by atoms with Gasteiger partial charge in [-0.15, -0.1) is 11.3 Å². The number of rotatable bonds is 4. The molecule has 1 atom stereocenters. The molecule has 1 unspecified atom stereocenters. The molecule has 0 radical (unpaired) electrons. The number of hydrogen-bond donors (Lipinski definition) is 3. The average Bonchev–Trinajstić information content (AvgIpc) is 3.24. The van der Waals surface area contributed by atoms with Gasteiger partial charge in [0.25, 0.3) is 11.5 Å². The van der Waals surface area contributed by atoms with Gasteiger partial charge >= 0.3 is 0 Å². The Labute approximate surface area is 164 Å². The first kappa shape index (κ1) is 17.9. The minimum Gasteiger partial charge on any atom is -0.501 e. The van der Waals surface area contributed by atoms with Crippen LogP contribution in [0.5, 0.6) is 5.75 Å². The lowest BCUT2D eigenvalue weighted by Crippen LogP contribution is -2.29. The summed E-state index contributed by atoms with van der Waals surface area (Å²) < 4.78 is 0. The van der Waals surface area contributed by atoms with Crippen LogP contribution in [0, 0.1) is 0 Å². The highest BCUT2D eigenvalue weighted by Crippen LogP contribution is 2.25. The fourth-order valence-corrected chi connectivity index (χ4v) is 3.80.